The normalized spacial score (nSPS) is 14.9. The van der Waals surface area contributed by atoms with Crippen LogP contribution >= 0.6 is 24.0 Å². The van der Waals surface area contributed by atoms with Crippen molar-refractivity contribution in [1.82, 2.24) is 20.4 Å². The molecule has 1 fully saturated rings. The summed E-state index contributed by atoms with van der Waals surface area (Å²) in [6.45, 7) is 8.17. The van der Waals surface area contributed by atoms with Crippen molar-refractivity contribution in [2.45, 2.75) is 19.9 Å². The molecule has 1 amide bonds. The van der Waals surface area contributed by atoms with E-state index in [9.17, 15) is 4.79 Å². The lowest BCUT2D eigenvalue weighted by Gasteiger charge is -2.36. The van der Waals surface area contributed by atoms with Crippen molar-refractivity contribution in [2.24, 2.45) is 4.99 Å². The maximum Gasteiger partial charge on any atom is 0.287 e. The van der Waals surface area contributed by atoms with Crippen molar-refractivity contribution in [2.75, 3.05) is 46.3 Å². The number of nitrogens with one attached hydrogen (secondary N) is 2. The average molecular weight is 525 g/mol. The number of benzene rings is 1. The number of halogens is 1. The number of hydrogen-bond donors (Lipinski definition) is 2. The third kappa shape index (κ3) is 7.02. The first-order valence-corrected chi connectivity index (χ1v) is 10.2. The Morgan fingerprint density at radius 1 is 1.07 bits per heavy atom. The van der Waals surface area contributed by atoms with Crippen molar-refractivity contribution < 1.29 is 9.21 Å². The maximum atomic E-state index is 12.0. The Bertz CT molecular complexity index is 801. The minimum atomic E-state index is -0.161. The van der Waals surface area contributed by atoms with E-state index in [1.165, 1.54) is 11.8 Å². The molecule has 1 saturated heterocycles. The Hall–Kier alpha value is -2.07. The van der Waals surface area contributed by atoms with Gasteiger partial charge in [-0.15, -0.1) is 24.0 Å². The fourth-order valence-electron chi connectivity index (χ4n) is 3.47. The summed E-state index contributed by atoms with van der Waals surface area (Å²) >= 11 is 0. The van der Waals surface area contributed by atoms with E-state index in [0.29, 0.717) is 12.3 Å². The predicted octanol–water partition coefficient (Wildman–Crippen LogP) is 2.72. The van der Waals surface area contributed by atoms with Crippen LogP contribution in [-0.4, -0.2) is 68.0 Å². The maximum absolute atomic E-state index is 12.0. The van der Waals surface area contributed by atoms with Crippen LogP contribution in [-0.2, 0) is 6.54 Å². The van der Waals surface area contributed by atoms with E-state index in [2.05, 4.69) is 55.8 Å². The van der Waals surface area contributed by atoms with Gasteiger partial charge in [0.25, 0.3) is 5.91 Å². The quantitative estimate of drug-likeness (QED) is 0.252. The van der Waals surface area contributed by atoms with Gasteiger partial charge >= 0.3 is 0 Å². The minimum absolute atomic E-state index is 0. The molecule has 1 aliphatic rings. The predicted molar refractivity (Wildman–Crippen MR) is 130 cm³/mol. The number of aryl methyl sites for hydroxylation is 1. The molecule has 0 spiro atoms. The van der Waals surface area contributed by atoms with E-state index in [1.54, 1.807) is 6.07 Å². The zero-order valence-electron chi connectivity index (χ0n) is 17.8. The van der Waals surface area contributed by atoms with Crippen molar-refractivity contribution in [1.29, 1.82) is 0 Å². The Labute approximate surface area is 195 Å². The van der Waals surface area contributed by atoms with Gasteiger partial charge in [-0.1, -0.05) is 30.3 Å². The van der Waals surface area contributed by atoms with Crippen LogP contribution in [0.25, 0.3) is 0 Å². The fourth-order valence-corrected chi connectivity index (χ4v) is 3.47. The minimum Gasteiger partial charge on any atom is -0.459 e. The van der Waals surface area contributed by atoms with Gasteiger partial charge < -0.3 is 20.0 Å². The van der Waals surface area contributed by atoms with Crippen molar-refractivity contribution >= 4 is 35.8 Å². The molecular weight excluding hydrogens is 493 g/mol. The van der Waals surface area contributed by atoms with Crippen LogP contribution in [0.3, 0.4) is 0 Å². The van der Waals surface area contributed by atoms with E-state index in [4.69, 9.17) is 4.42 Å². The monoisotopic (exact) mass is 525 g/mol. The van der Waals surface area contributed by atoms with Gasteiger partial charge in [0.15, 0.2) is 11.7 Å². The lowest BCUT2D eigenvalue weighted by Crippen LogP contribution is -2.52. The van der Waals surface area contributed by atoms with Crippen LogP contribution in [0.15, 0.2) is 52.1 Å². The molecule has 7 nitrogen and oxygen atoms in total. The number of aliphatic imine (C=N–C) groups is 1. The number of rotatable bonds is 7. The van der Waals surface area contributed by atoms with E-state index >= 15 is 0 Å². The van der Waals surface area contributed by atoms with Gasteiger partial charge in [0, 0.05) is 58.4 Å². The zero-order valence-corrected chi connectivity index (χ0v) is 20.1. The molecule has 2 heterocycles. The van der Waals surface area contributed by atoms with Crippen molar-refractivity contribution in [3.8, 4) is 0 Å². The molecule has 1 aromatic carbocycles. The number of nitrogens with zero attached hydrogens (tertiary/aromatic N) is 3. The van der Waals surface area contributed by atoms with Crippen LogP contribution in [0.4, 0.5) is 0 Å². The molecular formula is C22H32IN5O2. The lowest BCUT2D eigenvalue weighted by atomic mass is 10.2. The second-order valence-electron chi connectivity index (χ2n) is 7.26. The molecule has 3 rings (SSSR count). The first-order chi connectivity index (χ1) is 14.2. The zero-order chi connectivity index (χ0) is 20.5. The number of amides is 1. The van der Waals surface area contributed by atoms with Gasteiger partial charge in [0.2, 0.25) is 0 Å². The fraction of sp³-hybridized carbons (Fsp3) is 0.455. The number of guanidine groups is 1. The molecule has 1 aromatic heterocycles. The molecule has 30 heavy (non-hydrogen) atoms. The number of piperazine rings is 1. The molecule has 0 unspecified atom stereocenters. The molecule has 0 bridgehead atoms. The molecule has 164 valence electrons. The molecule has 0 aliphatic carbocycles. The number of carbonyl (C=O) groups excluding carboxylic acids is 1. The van der Waals surface area contributed by atoms with Crippen LogP contribution in [0.2, 0.25) is 0 Å². The lowest BCUT2D eigenvalue weighted by molar-refractivity contribution is 0.0925. The molecule has 0 atom stereocenters. The number of carbonyl (C=O) groups is 1. The van der Waals surface area contributed by atoms with Gasteiger partial charge in [-0.3, -0.25) is 14.7 Å². The highest BCUT2D eigenvalue weighted by Crippen LogP contribution is 2.09. The average Bonchev–Trinajstić information content (AvgIpc) is 3.18. The Balaban J connectivity index is 0.00000320. The summed E-state index contributed by atoms with van der Waals surface area (Å²) in [5, 5.41) is 6.30. The topological polar surface area (TPSA) is 73.1 Å². The first kappa shape index (κ1) is 24.2. The van der Waals surface area contributed by atoms with E-state index in [0.717, 1.165) is 57.2 Å². The van der Waals surface area contributed by atoms with Gasteiger partial charge in [0.05, 0.1) is 6.26 Å². The summed E-state index contributed by atoms with van der Waals surface area (Å²) in [6.07, 6.45) is 2.36. The SMILES string of the molecule is CN=C(NCCCNC(=O)c1occc1C)N1CCN(Cc2ccccc2)CC1.I. The Morgan fingerprint density at radius 2 is 1.77 bits per heavy atom. The highest BCUT2D eigenvalue weighted by atomic mass is 127. The summed E-state index contributed by atoms with van der Waals surface area (Å²) in [6, 6.07) is 12.4. The van der Waals surface area contributed by atoms with Gasteiger partial charge in [-0.05, 0) is 25.0 Å². The van der Waals surface area contributed by atoms with Gasteiger partial charge in [0.1, 0.15) is 0 Å². The molecule has 0 radical (unpaired) electrons. The highest BCUT2D eigenvalue weighted by Gasteiger charge is 2.19. The van der Waals surface area contributed by atoms with Crippen LogP contribution in [0, 0.1) is 6.92 Å². The summed E-state index contributed by atoms with van der Waals surface area (Å²) in [7, 11) is 1.82. The van der Waals surface area contributed by atoms with Crippen LogP contribution in [0.1, 0.15) is 28.1 Å². The molecule has 0 saturated carbocycles. The van der Waals surface area contributed by atoms with Crippen LogP contribution < -0.4 is 10.6 Å². The second-order valence-corrected chi connectivity index (χ2v) is 7.26. The van der Waals surface area contributed by atoms with Crippen LogP contribution in [0.5, 0.6) is 0 Å². The van der Waals surface area contributed by atoms with E-state index in [1.807, 2.05) is 14.0 Å². The molecule has 1 aliphatic heterocycles. The van der Waals surface area contributed by atoms with Gasteiger partial charge in [-0.25, -0.2) is 0 Å². The summed E-state index contributed by atoms with van der Waals surface area (Å²) in [5.41, 5.74) is 2.21. The Morgan fingerprint density at radius 3 is 2.40 bits per heavy atom. The van der Waals surface area contributed by atoms with Crippen molar-refractivity contribution in [3.63, 3.8) is 0 Å². The van der Waals surface area contributed by atoms with E-state index in [-0.39, 0.29) is 29.9 Å². The van der Waals surface area contributed by atoms with Gasteiger partial charge in [-0.2, -0.15) is 0 Å². The van der Waals surface area contributed by atoms with Crippen molar-refractivity contribution in [3.05, 3.63) is 59.5 Å². The molecule has 2 aromatic rings. The summed E-state index contributed by atoms with van der Waals surface area (Å²) < 4.78 is 5.21. The smallest absolute Gasteiger partial charge is 0.287 e. The largest absolute Gasteiger partial charge is 0.459 e. The summed E-state index contributed by atoms with van der Waals surface area (Å²) in [4.78, 5) is 21.2. The van der Waals surface area contributed by atoms with E-state index < -0.39 is 0 Å². The standard InChI is InChI=1S/C22H31N5O2.HI/c1-18-9-16-29-20(18)21(28)24-10-6-11-25-22(23-2)27-14-12-26(13-15-27)17-19-7-4-3-5-8-19;/h3-5,7-9,16H,6,10-15,17H2,1-2H3,(H,23,25)(H,24,28);1H. The Kier molecular flexibility index (Phi) is 10.2. The first-order valence-electron chi connectivity index (χ1n) is 10.2. The third-order valence-electron chi connectivity index (χ3n) is 5.12. The number of furan rings is 1. The number of hydrogen-bond acceptors (Lipinski definition) is 4. The highest BCUT2D eigenvalue weighted by molar-refractivity contribution is 14.0. The third-order valence-corrected chi connectivity index (χ3v) is 5.12. The summed E-state index contributed by atoms with van der Waals surface area (Å²) in [5.74, 6) is 1.16. The molecule has 2 N–H and O–H groups in total. The molecule has 8 heteroatoms. The second kappa shape index (κ2) is 12.6.